The second-order valence-electron chi connectivity index (χ2n) is 5.89. The molecule has 1 saturated heterocycles. The summed E-state index contributed by atoms with van der Waals surface area (Å²) in [5, 5.41) is 5.31. The van der Waals surface area contributed by atoms with E-state index >= 15 is 0 Å². The predicted octanol–water partition coefficient (Wildman–Crippen LogP) is 0.974. The molecule has 2 fully saturated rings. The fourth-order valence-corrected chi connectivity index (χ4v) is 3.94. The maximum absolute atomic E-state index is 6.00. The molecule has 4 rings (SSSR count). The molecule has 0 radical (unpaired) electrons. The van der Waals surface area contributed by atoms with Gasteiger partial charge in [0.05, 0.1) is 25.1 Å². The van der Waals surface area contributed by atoms with Crippen LogP contribution in [0.5, 0.6) is 0 Å². The Kier molecular flexibility index (Phi) is 3.06. The monoisotopic (exact) mass is 280 g/mol. The SMILES string of the molecule is N[C@@H]1COC[C@H](N2Cc3cnn(SC4CC4)c3C2)C1. The molecule has 6 heteroatoms. The third kappa shape index (κ3) is 2.42. The number of fused-ring (bicyclic) bond motifs is 1. The van der Waals surface area contributed by atoms with E-state index in [2.05, 4.69) is 14.1 Å². The van der Waals surface area contributed by atoms with E-state index in [0.29, 0.717) is 12.6 Å². The number of ether oxygens (including phenoxy) is 1. The lowest BCUT2D eigenvalue weighted by molar-refractivity contribution is 0.00504. The van der Waals surface area contributed by atoms with Crippen LogP contribution in [0, 0.1) is 0 Å². The molecule has 0 amide bonds. The molecule has 3 aliphatic rings. The molecule has 5 nitrogen and oxygen atoms in total. The van der Waals surface area contributed by atoms with Gasteiger partial charge in [-0.25, -0.2) is 4.09 Å². The zero-order valence-electron chi connectivity index (χ0n) is 11.0. The van der Waals surface area contributed by atoms with Gasteiger partial charge in [0.1, 0.15) is 0 Å². The number of rotatable bonds is 3. The van der Waals surface area contributed by atoms with Crippen molar-refractivity contribution in [2.75, 3.05) is 13.2 Å². The van der Waals surface area contributed by atoms with Crippen molar-refractivity contribution in [3.8, 4) is 0 Å². The van der Waals surface area contributed by atoms with Crippen LogP contribution >= 0.6 is 11.9 Å². The summed E-state index contributed by atoms with van der Waals surface area (Å²) in [6.07, 6.45) is 5.77. The Morgan fingerprint density at radius 1 is 1.32 bits per heavy atom. The minimum Gasteiger partial charge on any atom is -0.378 e. The van der Waals surface area contributed by atoms with Crippen LogP contribution in [0.25, 0.3) is 0 Å². The topological polar surface area (TPSA) is 56.3 Å². The smallest absolute Gasteiger partial charge is 0.0698 e. The Morgan fingerprint density at radius 2 is 2.21 bits per heavy atom. The first-order valence-electron chi connectivity index (χ1n) is 7.10. The third-order valence-electron chi connectivity index (χ3n) is 4.15. The molecule has 1 aliphatic carbocycles. The van der Waals surface area contributed by atoms with Gasteiger partial charge < -0.3 is 10.5 Å². The van der Waals surface area contributed by atoms with E-state index in [-0.39, 0.29) is 6.04 Å². The summed E-state index contributed by atoms with van der Waals surface area (Å²) >= 11 is 1.89. The Balaban J connectivity index is 1.45. The first kappa shape index (κ1) is 12.2. The standard InChI is InChI=1S/C13H20N4OS/c14-10-3-11(8-18-7-10)16-5-9-4-15-17(13(9)6-16)19-12-1-2-12/h4,10-12H,1-3,5-8,14H2/t10-,11+/m0/s1. The molecule has 3 heterocycles. The highest BCUT2D eigenvalue weighted by molar-refractivity contribution is 7.98. The van der Waals surface area contributed by atoms with E-state index in [1.165, 1.54) is 24.1 Å². The van der Waals surface area contributed by atoms with Crippen molar-refractivity contribution in [3.05, 3.63) is 17.5 Å². The van der Waals surface area contributed by atoms with Gasteiger partial charge >= 0.3 is 0 Å². The van der Waals surface area contributed by atoms with E-state index in [1.807, 2.05) is 18.1 Å². The first-order valence-corrected chi connectivity index (χ1v) is 7.93. The molecule has 0 bridgehead atoms. The fourth-order valence-electron chi connectivity index (χ4n) is 2.91. The van der Waals surface area contributed by atoms with Crippen LogP contribution in [0.1, 0.15) is 30.5 Å². The van der Waals surface area contributed by atoms with Crippen LogP contribution in [-0.2, 0) is 17.8 Å². The average Bonchev–Trinajstić information content (AvgIpc) is 2.98. The first-order chi connectivity index (χ1) is 9.29. The molecule has 2 atom stereocenters. The summed E-state index contributed by atoms with van der Waals surface area (Å²) in [5.41, 5.74) is 8.77. The van der Waals surface area contributed by atoms with Crippen molar-refractivity contribution in [1.82, 2.24) is 14.1 Å². The van der Waals surface area contributed by atoms with Crippen molar-refractivity contribution >= 4 is 11.9 Å². The number of hydrogen-bond donors (Lipinski definition) is 1. The molecule has 19 heavy (non-hydrogen) atoms. The lowest BCUT2D eigenvalue weighted by Gasteiger charge is -2.33. The van der Waals surface area contributed by atoms with Gasteiger partial charge in [-0.05, 0) is 31.2 Å². The molecule has 1 aromatic heterocycles. The summed E-state index contributed by atoms with van der Waals surface area (Å²) in [4.78, 5) is 2.50. The average molecular weight is 280 g/mol. The molecule has 1 aromatic rings. The second-order valence-corrected chi connectivity index (χ2v) is 7.11. The molecule has 1 saturated carbocycles. The lowest BCUT2D eigenvalue weighted by atomic mass is 10.1. The normalized spacial score (nSPS) is 31.6. The van der Waals surface area contributed by atoms with Gasteiger partial charge in [-0.3, -0.25) is 4.90 Å². The molecule has 0 spiro atoms. The summed E-state index contributed by atoms with van der Waals surface area (Å²) < 4.78 is 7.74. The van der Waals surface area contributed by atoms with E-state index in [0.717, 1.165) is 31.4 Å². The molecule has 104 valence electrons. The van der Waals surface area contributed by atoms with E-state index in [4.69, 9.17) is 10.5 Å². The van der Waals surface area contributed by atoms with Gasteiger partial charge in [-0.2, -0.15) is 5.10 Å². The molecular weight excluding hydrogens is 260 g/mol. The highest BCUT2D eigenvalue weighted by atomic mass is 32.2. The van der Waals surface area contributed by atoms with E-state index in [9.17, 15) is 0 Å². The summed E-state index contributed by atoms with van der Waals surface area (Å²) in [7, 11) is 0. The minimum atomic E-state index is 0.194. The number of aromatic nitrogens is 2. The quantitative estimate of drug-likeness (QED) is 0.894. The zero-order chi connectivity index (χ0) is 12.8. The van der Waals surface area contributed by atoms with E-state index < -0.39 is 0 Å². The molecular formula is C13H20N4OS. The number of hydrogen-bond acceptors (Lipinski definition) is 5. The van der Waals surface area contributed by atoms with Crippen molar-refractivity contribution in [3.63, 3.8) is 0 Å². The number of nitrogens with zero attached hydrogens (tertiary/aromatic N) is 3. The van der Waals surface area contributed by atoms with Gasteiger partial charge in [-0.15, -0.1) is 0 Å². The largest absolute Gasteiger partial charge is 0.378 e. The summed E-state index contributed by atoms with van der Waals surface area (Å²) in [6, 6.07) is 0.662. The van der Waals surface area contributed by atoms with Crippen LogP contribution in [-0.4, -0.2) is 44.6 Å². The van der Waals surface area contributed by atoms with Gasteiger partial charge in [0, 0.05) is 36.0 Å². The van der Waals surface area contributed by atoms with Crippen LogP contribution < -0.4 is 5.73 Å². The highest BCUT2D eigenvalue weighted by Crippen LogP contribution is 2.37. The van der Waals surface area contributed by atoms with Crippen LogP contribution in [0.15, 0.2) is 6.20 Å². The van der Waals surface area contributed by atoms with Gasteiger partial charge in [-0.1, -0.05) is 0 Å². The second kappa shape index (κ2) is 4.77. The number of nitrogens with two attached hydrogens (primary N) is 1. The third-order valence-corrected chi connectivity index (χ3v) is 5.44. The Hall–Kier alpha value is -0.560. The Bertz CT molecular complexity index is 473. The lowest BCUT2D eigenvalue weighted by Crippen LogP contribution is -2.46. The predicted molar refractivity (Wildman–Crippen MR) is 74.7 cm³/mol. The maximum Gasteiger partial charge on any atom is 0.0698 e. The zero-order valence-corrected chi connectivity index (χ0v) is 11.8. The van der Waals surface area contributed by atoms with Crippen molar-refractivity contribution in [2.45, 2.75) is 49.7 Å². The fraction of sp³-hybridized carbons (Fsp3) is 0.769. The maximum atomic E-state index is 6.00. The van der Waals surface area contributed by atoms with Crippen molar-refractivity contribution in [2.24, 2.45) is 5.73 Å². The summed E-state index contributed by atoms with van der Waals surface area (Å²) in [5.74, 6) is 0. The van der Waals surface area contributed by atoms with Gasteiger partial charge in [0.2, 0.25) is 0 Å². The molecule has 2 N–H and O–H groups in total. The van der Waals surface area contributed by atoms with Gasteiger partial charge in [0.25, 0.3) is 0 Å². The minimum absolute atomic E-state index is 0.194. The van der Waals surface area contributed by atoms with Crippen LogP contribution in [0.2, 0.25) is 0 Å². The van der Waals surface area contributed by atoms with Crippen LogP contribution in [0.4, 0.5) is 0 Å². The van der Waals surface area contributed by atoms with Gasteiger partial charge in [0.15, 0.2) is 0 Å². The molecule has 2 aliphatic heterocycles. The molecule has 0 unspecified atom stereocenters. The molecule has 0 aromatic carbocycles. The van der Waals surface area contributed by atoms with Crippen molar-refractivity contribution in [1.29, 1.82) is 0 Å². The van der Waals surface area contributed by atoms with Crippen molar-refractivity contribution < 1.29 is 4.74 Å². The van der Waals surface area contributed by atoms with Crippen LogP contribution in [0.3, 0.4) is 0 Å². The Morgan fingerprint density at radius 3 is 3.00 bits per heavy atom. The summed E-state index contributed by atoms with van der Waals surface area (Å²) in [6.45, 7) is 3.53. The Labute approximate surface area is 117 Å². The van der Waals surface area contributed by atoms with E-state index in [1.54, 1.807) is 0 Å². The highest BCUT2D eigenvalue weighted by Gasteiger charge is 2.33.